The first-order valence-corrected chi connectivity index (χ1v) is 9.44. The molecule has 0 amide bonds. The van der Waals surface area contributed by atoms with E-state index in [1.807, 2.05) is 25.5 Å². The number of aryl methyl sites for hydroxylation is 2. The molecule has 0 aliphatic rings. The van der Waals surface area contributed by atoms with Crippen LogP contribution in [-0.4, -0.2) is 36.1 Å². The van der Waals surface area contributed by atoms with Gasteiger partial charge in [0.2, 0.25) is 10.0 Å². The topological polar surface area (TPSA) is 55.2 Å². The number of halogens is 2. The largest absolute Gasteiger partial charge is 0.270 e. The minimum atomic E-state index is -3.72. The van der Waals surface area contributed by atoms with Gasteiger partial charge in [0.25, 0.3) is 0 Å². The third-order valence-electron chi connectivity index (χ3n) is 4.11. The number of aromatic nitrogens is 2. The smallest absolute Gasteiger partial charge is 0.242 e. The predicted molar refractivity (Wildman–Crippen MR) is 92.3 cm³/mol. The van der Waals surface area contributed by atoms with Crippen molar-refractivity contribution in [2.45, 2.75) is 38.6 Å². The van der Waals surface area contributed by atoms with Crippen LogP contribution in [0.2, 0.25) is 5.02 Å². The monoisotopic (exact) mass is 373 g/mol. The van der Waals surface area contributed by atoms with Crippen LogP contribution in [0.3, 0.4) is 0 Å². The molecule has 132 valence electrons. The van der Waals surface area contributed by atoms with Gasteiger partial charge in [-0.05, 0) is 51.0 Å². The van der Waals surface area contributed by atoms with Crippen LogP contribution in [0.1, 0.15) is 23.9 Å². The maximum atomic E-state index is 13.2. The van der Waals surface area contributed by atoms with Gasteiger partial charge in [-0.2, -0.15) is 5.10 Å². The van der Waals surface area contributed by atoms with Gasteiger partial charge in [-0.3, -0.25) is 4.68 Å². The molecule has 0 atom stereocenters. The van der Waals surface area contributed by atoms with Crippen LogP contribution in [0.4, 0.5) is 4.39 Å². The Morgan fingerprint density at radius 2 is 2.00 bits per heavy atom. The number of sulfonamides is 1. The molecule has 1 aromatic carbocycles. The van der Waals surface area contributed by atoms with Crippen LogP contribution in [0.15, 0.2) is 23.1 Å². The van der Waals surface area contributed by atoms with Crippen molar-refractivity contribution in [2.24, 2.45) is 0 Å². The van der Waals surface area contributed by atoms with E-state index >= 15 is 0 Å². The molecule has 1 heterocycles. The van der Waals surface area contributed by atoms with E-state index in [4.69, 9.17) is 11.6 Å². The summed E-state index contributed by atoms with van der Waals surface area (Å²) in [4.78, 5) is -0.0194. The molecule has 0 fully saturated rings. The van der Waals surface area contributed by atoms with E-state index in [1.54, 1.807) is 0 Å². The maximum absolute atomic E-state index is 13.2. The minimum absolute atomic E-state index is 0.0194. The van der Waals surface area contributed by atoms with E-state index in [1.165, 1.54) is 17.4 Å². The van der Waals surface area contributed by atoms with Gasteiger partial charge in [0.1, 0.15) is 5.82 Å². The molecule has 24 heavy (non-hydrogen) atoms. The Kier molecular flexibility index (Phi) is 5.67. The van der Waals surface area contributed by atoms with Gasteiger partial charge in [-0.15, -0.1) is 0 Å². The first kappa shape index (κ1) is 18.9. The molecule has 8 heteroatoms. The van der Waals surface area contributed by atoms with Gasteiger partial charge in [0.15, 0.2) is 0 Å². The number of hydrogen-bond acceptors (Lipinski definition) is 3. The molecule has 0 aliphatic heterocycles. The summed E-state index contributed by atoms with van der Waals surface area (Å²) in [5.41, 5.74) is 3.01. The van der Waals surface area contributed by atoms with E-state index in [9.17, 15) is 12.8 Å². The number of hydrogen-bond donors (Lipinski definition) is 0. The standard InChI is InChI=1S/C16H21ClFN3O2S/c1-5-21-12(3)14(11(2)19-21)8-9-20(4)24(22,23)13-6-7-16(18)15(17)10-13/h6-7,10H,5,8-9H2,1-4H3. The molecule has 0 saturated heterocycles. The van der Waals surface area contributed by atoms with E-state index < -0.39 is 15.8 Å². The van der Waals surface area contributed by atoms with Gasteiger partial charge < -0.3 is 0 Å². The Hall–Kier alpha value is -1.44. The number of rotatable bonds is 6. The Labute approximate surface area is 147 Å². The average molecular weight is 374 g/mol. The Morgan fingerprint density at radius 1 is 1.33 bits per heavy atom. The minimum Gasteiger partial charge on any atom is -0.270 e. The second-order valence-corrected chi connectivity index (χ2v) is 8.07. The molecule has 5 nitrogen and oxygen atoms in total. The molecule has 0 unspecified atom stereocenters. The van der Waals surface area contributed by atoms with Crippen LogP contribution < -0.4 is 0 Å². The van der Waals surface area contributed by atoms with Crippen LogP contribution >= 0.6 is 11.6 Å². The van der Waals surface area contributed by atoms with Crippen LogP contribution in [-0.2, 0) is 23.0 Å². The summed E-state index contributed by atoms with van der Waals surface area (Å²) >= 11 is 5.69. The molecule has 0 saturated carbocycles. The highest BCUT2D eigenvalue weighted by atomic mass is 35.5. The fraction of sp³-hybridized carbons (Fsp3) is 0.438. The lowest BCUT2D eigenvalue weighted by molar-refractivity contribution is 0.471. The Morgan fingerprint density at radius 3 is 2.54 bits per heavy atom. The van der Waals surface area contributed by atoms with E-state index in [2.05, 4.69) is 5.10 Å². The summed E-state index contributed by atoms with van der Waals surface area (Å²) in [5.74, 6) is -0.642. The van der Waals surface area contributed by atoms with Crippen LogP contribution in [0.5, 0.6) is 0 Å². The summed E-state index contributed by atoms with van der Waals surface area (Å²) in [6.45, 7) is 6.98. The first-order valence-electron chi connectivity index (χ1n) is 7.62. The van der Waals surface area contributed by atoms with Gasteiger partial charge >= 0.3 is 0 Å². The van der Waals surface area contributed by atoms with Crippen molar-refractivity contribution >= 4 is 21.6 Å². The first-order chi connectivity index (χ1) is 11.2. The number of likely N-dealkylation sites (N-methyl/N-ethyl adjacent to an activating group) is 1. The maximum Gasteiger partial charge on any atom is 0.242 e. The van der Waals surface area contributed by atoms with Crippen molar-refractivity contribution in [2.75, 3.05) is 13.6 Å². The average Bonchev–Trinajstić information content (AvgIpc) is 2.81. The summed E-state index contributed by atoms with van der Waals surface area (Å²) in [5, 5.41) is 4.23. The van der Waals surface area contributed by atoms with Crippen molar-refractivity contribution in [1.29, 1.82) is 0 Å². The molecule has 0 spiro atoms. The lowest BCUT2D eigenvalue weighted by Crippen LogP contribution is -2.29. The van der Waals surface area contributed by atoms with E-state index in [0.717, 1.165) is 35.6 Å². The molecule has 2 aromatic rings. The second kappa shape index (κ2) is 7.21. The molecule has 0 N–H and O–H groups in total. The van der Waals surface area contributed by atoms with Gasteiger partial charge in [-0.1, -0.05) is 11.6 Å². The lowest BCUT2D eigenvalue weighted by atomic mass is 10.1. The van der Waals surface area contributed by atoms with Crippen molar-refractivity contribution in [3.63, 3.8) is 0 Å². The Balaban J connectivity index is 2.18. The quantitative estimate of drug-likeness (QED) is 0.781. The highest BCUT2D eigenvalue weighted by Crippen LogP contribution is 2.22. The van der Waals surface area contributed by atoms with E-state index in [0.29, 0.717) is 13.0 Å². The molecule has 0 bridgehead atoms. The van der Waals surface area contributed by atoms with Crippen molar-refractivity contribution in [3.05, 3.63) is 46.0 Å². The summed E-state index contributed by atoms with van der Waals surface area (Å²) in [6, 6.07) is 3.41. The van der Waals surface area contributed by atoms with Gasteiger partial charge in [0, 0.05) is 25.8 Å². The molecular weight excluding hydrogens is 353 g/mol. The van der Waals surface area contributed by atoms with Crippen molar-refractivity contribution in [3.8, 4) is 0 Å². The van der Waals surface area contributed by atoms with Crippen molar-refractivity contribution in [1.82, 2.24) is 14.1 Å². The summed E-state index contributed by atoms with van der Waals surface area (Å²) < 4.78 is 41.5. The third kappa shape index (κ3) is 3.63. The normalized spacial score (nSPS) is 12.1. The predicted octanol–water partition coefficient (Wildman–Crippen LogP) is 3.18. The molecule has 0 radical (unpaired) electrons. The van der Waals surface area contributed by atoms with E-state index in [-0.39, 0.29) is 9.92 Å². The summed E-state index contributed by atoms with van der Waals surface area (Å²) in [6.07, 6.45) is 0.558. The zero-order valence-electron chi connectivity index (χ0n) is 14.2. The Bertz CT molecular complexity index is 849. The zero-order chi connectivity index (χ0) is 18.1. The van der Waals surface area contributed by atoms with Crippen LogP contribution in [0, 0.1) is 19.7 Å². The molecule has 0 aliphatic carbocycles. The lowest BCUT2D eigenvalue weighted by Gasteiger charge is -2.17. The highest BCUT2D eigenvalue weighted by molar-refractivity contribution is 7.89. The fourth-order valence-corrected chi connectivity index (χ4v) is 4.05. The SMILES string of the molecule is CCn1nc(C)c(CCN(C)S(=O)(=O)c2ccc(F)c(Cl)c2)c1C. The fourth-order valence-electron chi connectivity index (χ4n) is 2.61. The zero-order valence-corrected chi connectivity index (χ0v) is 15.7. The number of benzene rings is 1. The van der Waals surface area contributed by atoms with Gasteiger partial charge in [-0.25, -0.2) is 17.1 Å². The van der Waals surface area contributed by atoms with Gasteiger partial charge in [0.05, 0.1) is 15.6 Å². The molecule has 2 rings (SSSR count). The molecular formula is C16H21ClFN3O2S. The second-order valence-electron chi connectivity index (χ2n) is 5.62. The van der Waals surface area contributed by atoms with Crippen molar-refractivity contribution < 1.29 is 12.8 Å². The third-order valence-corrected chi connectivity index (χ3v) is 6.25. The molecule has 1 aromatic heterocycles. The highest BCUT2D eigenvalue weighted by Gasteiger charge is 2.22. The number of nitrogens with zero attached hydrogens (tertiary/aromatic N) is 3. The van der Waals surface area contributed by atoms with Crippen LogP contribution in [0.25, 0.3) is 0 Å². The summed E-state index contributed by atoms with van der Waals surface area (Å²) in [7, 11) is -2.22.